The molecule has 4 nitrogen and oxygen atoms in total. The molecule has 1 aliphatic carbocycles. The average molecular weight is 439 g/mol. The minimum absolute atomic E-state index is 0.0538. The third kappa shape index (κ3) is 18.2. The zero-order valence-electron chi connectivity index (χ0n) is 20.1. The van der Waals surface area contributed by atoms with Crippen LogP contribution in [0.3, 0.4) is 0 Å². The molecule has 0 aromatic rings. The number of unbranched alkanes of at least 4 members (excludes halogenated alkanes) is 18. The van der Waals surface area contributed by atoms with Crippen LogP contribution in [0.1, 0.15) is 148 Å². The quantitative estimate of drug-likeness (QED) is 0.148. The van der Waals surface area contributed by atoms with E-state index in [0.29, 0.717) is 12.3 Å². The monoisotopic (exact) mass is 438 g/mol. The smallest absolute Gasteiger partial charge is 0.306 e. The molecule has 1 aliphatic rings. The summed E-state index contributed by atoms with van der Waals surface area (Å²) in [6, 6.07) is 0. The Labute approximate surface area is 191 Å². The molecule has 1 fully saturated rings. The Balaban J connectivity index is 1.68. The van der Waals surface area contributed by atoms with Crippen LogP contribution in [0, 0.1) is 11.8 Å². The highest BCUT2D eigenvalue weighted by atomic mass is 16.4. The molecule has 0 aliphatic heterocycles. The van der Waals surface area contributed by atoms with E-state index in [1.165, 1.54) is 103 Å². The summed E-state index contributed by atoms with van der Waals surface area (Å²) in [6.07, 6.45) is 27.8. The Bertz CT molecular complexity index is 445. The van der Waals surface area contributed by atoms with Crippen LogP contribution in [0.2, 0.25) is 0 Å². The van der Waals surface area contributed by atoms with Gasteiger partial charge in [-0.1, -0.05) is 116 Å². The molecule has 0 heterocycles. The van der Waals surface area contributed by atoms with Crippen LogP contribution < -0.4 is 0 Å². The van der Waals surface area contributed by atoms with Crippen molar-refractivity contribution in [2.24, 2.45) is 11.8 Å². The second-order valence-corrected chi connectivity index (χ2v) is 9.93. The molecule has 1 atom stereocenters. The Morgan fingerprint density at radius 2 is 0.871 bits per heavy atom. The highest BCUT2D eigenvalue weighted by molar-refractivity contribution is 5.70. The molecule has 0 aromatic heterocycles. The molecule has 2 N–H and O–H groups in total. The van der Waals surface area contributed by atoms with Gasteiger partial charge in [-0.3, -0.25) is 9.59 Å². The predicted octanol–water partition coefficient (Wildman–Crippen LogP) is 8.37. The number of hydrogen-bond acceptors (Lipinski definition) is 2. The van der Waals surface area contributed by atoms with E-state index in [4.69, 9.17) is 5.11 Å². The number of aliphatic carboxylic acids is 2. The highest BCUT2D eigenvalue weighted by Gasteiger charge is 2.35. The second kappa shape index (κ2) is 19.6. The number of rotatable bonds is 24. The summed E-state index contributed by atoms with van der Waals surface area (Å²) in [5.74, 6) is -0.792. The van der Waals surface area contributed by atoms with Crippen LogP contribution in [0.25, 0.3) is 0 Å². The van der Waals surface area contributed by atoms with Crippen molar-refractivity contribution in [2.45, 2.75) is 148 Å². The van der Waals surface area contributed by atoms with E-state index in [-0.39, 0.29) is 5.92 Å². The molecule has 0 aromatic carbocycles. The first kappa shape index (κ1) is 28.0. The minimum Gasteiger partial charge on any atom is -0.481 e. The summed E-state index contributed by atoms with van der Waals surface area (Å²) in [6.45, 7) is 0. The van der Waals surface area contributed by atoms with Gasteiger partial charge in [0.05, 0.1) is 5.92 Å². The van der Waals surface area contributed by atoms with Crippen molar-refractivity contribution in [2.75, 3.05) is 0 Å². The van der Waals surface area contributed by atoms with E-state index >= 15 is 0 Å². The SMILES string of the molecule is O=C(O)CCCCCCCCCCCCCCCCCCCCCC(C(=O)O)C1CC1. The van der Waals surface area contributed by atoms with Crippen LogP contribution in [-0.4, -0.2) is 22.2 Å². The van der Waals surface area contributed by atoms with Crippen LogP contribution in [-0.2, 0) is 9.59 Å². The van der Waals surface area contributed by atoms with Crippen LogP contribution in [0.5, 0.6) is 0 Å². The van der Waals surface area contributed by atoms with Gasteiger partial charge in [0, 0.05) is 6.42 Å². The first-order chi connectivity index (χ1) is 15.1. The van der Waals surface area contributed by atoms with Crippen LogP contribution >= 0.6 is 0 Å². The lowest BCUT2D eigenvalue weighted by Crippen LogP contribution is -2.15. The molecule has 1 rings (SSSR count). The standard InChI is InChI=1S/C27H50O4/c28-26(29)21-19-17-15-13-11-9-7-5-3-1-2-4-6-8-10-12-14-16-18-20-25(27(30)31)24-22-23-24/h24-25H,1-23H2,(H,28,29)(H,30,31). The van der Waals surface area contributed by atoms with Gasteiger partial charge in [-0.15, -0.1) is 0 Å². The lowest BCUT2D eigenvalue weighted by atomic mass is 9.96. The Hall–Kier alpha value is -1.06. The third-order valence-electron chi connectivity index (χ3n) is 6.91. The Morgan fingerprint density at radius 3 is 1.16 bits per heavy atom. The van der Waals surface area contributed by atoms with Gasteiger partial charge < -0.3 is 10.2 Å². The maximum absolute atomic E-state index is 11.2. The van der Waals surface area contributed by atoms with E-state index in [0.717, 1.165) is 38.5 Å². The fourth-order valence-electron chi connectivity index (χ4n) is 4.71. The lowest BCUT2D eigenvalue weighted by Gasteiger charge is -2.10. The van der Waals surface area contributed by atoms with Crippen molar-refractivity contribution < 1.29 is 19.8 Å². The molecule has 182 valence electrons. The molecular formula is C27H50O4. The fraction of sp³-hybridized carbons (Fsp3) is 0.926. The zero-order chi connectivity index (χ0) is 22.6. The summed E-state index contributed by atoms with van der Waals surface area (Å²) in [5, 5.41) is 17.8. The Kier molecular flexibility index (Phi) is 17.7. The largest absolute Gasteiger partial charge is 0.481 e. The van der Waals surface area contributed by atoms with Crippen molar-refractivity contribution in [1.29, 1.82) is 0 Å². The summed E-state index contributed by atoms with van der Waals surface area (Å²) in [4.78, 5) is 21.6. The van der Waals surface area contributed by atoms with Crippen molar-refractivity contribution in [3.05, 3.63) is 0 Å². The molecule has 0 radical (unpaired) electrons. The third-order valence-corrected chi connectivity index (χ3v) is 6.91. The molecule has 1 unspecified atom stereocenters. The second-order valence-electron chi connectivity index (χ2n) is 9.93. The first-order valence-electron chi connectivity index (χ1n) is 13.6. The molecular weight excluding hydrogens is 388 g/mol. The number of carbonyl (C=O) groups is 2. The number of hydrogen-bond donors (Lipinski definition) is 2. The molecule has 4 heteroatoms. The molecule has 1 saturated carbocycles. The molecule has 0 amide bonds. The van der Waals surface area contributed by atoms with E-state index in [2.05, 4.69) is 0 Å². The van der Waals surface area contributed by atoms with Gasteiger partial charge in [-0.25, -0.2) is 0 Å². The maximum Gasteiger partial charge on any atom is 0.306 e. The van der Waals surface area contributed by atoms with E-state index in [1.54, 1.807) is 0 Å². The first-order valence-corrected chi connectivity index (χ1v) is 13.6. The van der Waals surface area contributed by atoms with Gasteiger partial charge in [0.15, 0.2) is 0 Å². The minimum atomic E-state index is -0.664. The van der Waals surface area contributed by atoms with Crippen molar-refractivity contribution in [1.82, 2.24) is 0 Å². The van der Waals surface area contributed by atoms with Gasteiger partial charge in [-0.05, 0) is 31.6 Å². The van der Waals surface area contributed by atoms with Gasteiger partial charge >= 0.3 is 11.9 Å². The highest BCUT2D eigenvalue weighted by Crippen LogP contribution is 2.39. The fourth-order valence-corrected chi connectivity index (χ4v) is 4.71. The van der Waals surface area contributed by atoms with E-state index in [9.17, 15) is 14.7 Å². The topological polar surface area (TPSA) is 74.6 Å². The van der Waals surface area contributed by atoms with Crippen molar-refractivity contribution in [3.63, 3.8) is 0 Å². The summed E-state index contributed by atoms with van der Waals surface area (Å²) in [5.41, 5.74) is 0. The van der Waals surface area contributed by atoms with Crippen molar-refractivity contribution in [3.8, 4) is 0 Å². The van der Waals surface area contributed by atoms with Gasteiger partial charge in [-0.2, -0.15) is 0 Å². The van der Waals surface area contributed by atoms with E-state index in [1.807, 2.05) is 0 Å². The van der Waals surface area contributed by atoms with Crippen LogP contribution in [0.4, 0.5) is 0 Å². The summed E-state index contributed by atoms with van der Waals surface area (Å²) < 4.78 is 0. The van der Waals surface area contributed by atoms with Crippen molar-refractivity contribution >= 4 is 11.9 Å². The zero-order valence-corrected chi connectivity index (χ0v) is 20.1. The molecule has 0 bridgehead atoms. The molecule has 0 saturated heterocycles. The average Bonchev–Trinajstić information content (AvgIpc) is 3.56. The summed E-state index contributed by atoms with van der Waals surface area (Å²) in [7, 11) is 0. The molecule has 0 spiro atoms. The van der Waals surface area contributed by atoms with Gasteiger partial charge in [0.1, 0.15) is 0 Å². The Morgan fingerprint density at radius 1 is 0.548 bits per heavy atom. The van der Waals surface area contributed by atoms with Gasteiger partial charge in [0.2, 0.25) is 0 Å². The number of carboxylic acids is 2. The number of carboxylic acid groups (broad SMARTS) is 2. The van der Waals surface area contributed by atoms with Gasteiger partial charge in [0.25, 0.3) is 0 Å². The predicted molar refractivity (Wildman–Crippen MR) is 128 cm³/mol. The maximum atomic E-state index is 11.2. The van der Waals surface area contributed by atoms with E-state index < -0.39 is 11.9 Å². The normalized spacial score (nSPS) is 14.6. The van der Waals surface area contributed by atoms with Crippen LogP contribution in [0.15, 0.2) is 0 Å². The molecule has 31 heavy (non-hydrogen) atoms. The summed E-state index contributed by atoms with van der Waals surface area (Å²) >= 11 is 0. The lowest BCUT2D eigenvalue weighted by molar-refractivity contribution is -0.142.